The fourth-order valence-corrected chi connectivity index (χ4v) is 3.68. The summed E-state index contributed by atoms with van der Waals surface area (Å²) in [5.74, 6) is 1.06. The average Bonchev–Trinajstić information content (AvgIpc) is 2.61. The molecule has 0 bridgehead atoms. The lowest BCUT2D eigenvalue weighted by molar-refractivity contribution is 0.162. The van der Waals surface area contributed by atoms with Gasteiger partial charge in [-0.25, -0.2) is 0 Å². The molecule has 0 aromatic heterocycles. The highest BCUT2D eigenvalue weighted by Gasteiger charge is 2.26. The Bertz CT molecular complexity index is 635. The molecule has 0 radical (unpaired) electrons. The topological polar surface area (TPSA) is 24.5 Å². The van der Waals surface area contributed by atoms with Crippen molar-refractivity contribution >= 4 is 10.8 Å². The quantitative estimate of drug-likeness (QED) is 0.873. The molecular formula is C20H28N2O. The van der Waals surface area contributed by atoms with E-state index in [0.29, 0.717) is 12.6 Å². The van der Waals surface area contributed by atoms with Crippen LogP contribution in [0.4, 0.5) is 0 Å². The Morgan fingerprint density at radius 2 is 1.87 bits per heavy atom. The molecule has 0 aliphatic carbocycles. The van der Waals surface area contributed by atoms with Crippen LogP contribution in [0.25, 0.3) is 10.8 Å². The smallest absolute Gasteiger partial charge is 0.124 e. The molecule has 0 spiro atoms. The van der Waals surface area contributed by atoms with Crippen molar-refractivity contribution in [2.75, 3.05) is 32.8 Å². The van der Waals surface area contributed by atoms with Gasteiger partial charge in [0.05, 0.1) is 6.61 Å². The van der Waals surface area contributed by atoms with Gasteiger partial charge in [-0.15, -0.1) is 0 Å². The summed E-state index contributed by atoms with van der Waals surface area (Å²) in [4.78, 5) is 2.63. The Morgan fingerprint density at radius 1 is 1.09 bits per heavy atom. The number of hydrogen-bond donors (Lipinski definition) is 1. The summed E-state index contributed by atoms with van der Waals surface area (Å²) in [5.41, 5.74) is 1.38. The van der Waals surface area contributed by atoms with Gasteiger partial charge in [0.25, 0.3) is 0 Å². The summed E-state index contributed by atoms with van der Waals surface area (Å²) >= 11 is 0. The van der Waals surface area contributed by atoms with Gasteiger partial charge < -0.3 is 10.1 Å². The Labute approximate surface area is 139 Å². The third-order valence-corrected chi connectivity index (χ3v) is 4.72. The number of piperazine rings is 1. The number of rotatable bonds is 6. The maximum absolute atomic E-state index is 6.02. The van der Waals surface area contributed by atoms with Crippen molar-refractivity contribution in [2.24, 2.45) is 0 Å². The van der Waals surface area contributed by atoms with Gasteiger partial charge in [-0.3, -0.25) is 4.90 Å². The fraction of sp³-hybridized carbons (Fsp3) is 0.500. The Hall–Kier alpha value is -1.58. The first kappa shape index (κ1) is 16.3. The zero-order chi connectivity index (χ0) is 16.1. The minimum absolute atomic E-state index is 0.440. The van der Waals surface area contributed by atoms with Gasteiger partial charge in [0.2, 0.25) is 0 Å². The second kappa shape index (κ2) is 7.80. The molecule has 3 rings (SSSR count). The molecule has 0 unspecified atom stereocenters. The lowest BCUT2D eigenvalue weighted by Gasteiger charge is -2.36. The molecule has 0 amide bonds. The molecule has 1 saturated heterocycles. The third-order valence-electron chi connectivity index (χ3n) is 4.72. The maximum atomic E-state index is 6.02. The Kier molecular flexibility index (Phi) is 5.52. The molecular weight excluding hydrogens is 284 g/mol. The molecule has 2 aromatic carbocycles. The first-order chi connectivity index (χ1) is 11.3. The summed E-state index contributed by atoms with van der Waals surface area (Å²) in [6.45, 7) is 9.44. The largest absolute Gasteiger partial charge is 0.494 e. The Balaban J connectivity index is 2.10. The monoisotopic (exact) mass is 312 g/mol. The standard InChI is InChI=1S/C20H28N2O/c1-3-7-18(22-14-12-21-13-15-22)20-17-9-6-5-8-16(17)10-11-19(20)23-4-2/h5-6,8-11,18,21H,3-4,7,12-15H2,1-2H3/t18-/m0/s1. The fourth-order valence-electron chi connectivity index (χ4n) is 3.68. The van der Waals surface area contributed by atoms with E-state index in [2.05, 4.69) is 60.5 Å². The summed E-state index contributed by atoms with van der Waals surface area (Å²) in [6, 6.07) is 13.5. The second-order valence-corrected chi connectivity index (χ2v) is 6.22. The van der Waals surface area contributed by atoms with Crippen LogP contribution in [0.2, 0.25) is 0 Å². The lowest BCUT2D eigenvalue weighted by atomic mass is 9.93. The van der Waals surface area contributed by atoms with Crippen molar-refractivity contribution in [1.82, 2.24) is 10.2 Å². The van der Waals surface area contributed by atoms with Gasteiger partial charge in [0, 0.05) is 37.8 Å². The van der Waals surface area contributed by atoms with Crippen LogP contribution in [0, 0.1) is 0 Å². The highest BCUT2D eigenvalue weighted by molar-refractivity contribution is 5.88. The minimum atomic E-state index is 0.440. The average molecular weight is 312 g/mol. The number of ether oxygens (including phenoxy) is 1. The van der Waals surface area contributed by atoms with E-state index in [1.165, 1.54) is 29.2 Å². The van der Waals surface area contributed by atoms with Crippen molar-refractivity contribution in [3.8, 4) is 5.75 Å². The van der Waals surface area contributed by atoms with Crippen LogP contribution < -0.4 is 10.1 Å². The molecule has 124 valence electrons. The zero-order valence-electron chi connectivity index (χ0n) is 14.3. The molecule has 3 nitrogen and oxygen atoms in total. The number of hydrogen-bond acceptors (Lipinski definition) is 3. The number of nitrogens with zero attached hydrogens (tertiary/aromatic N) is 1. The molecule has 1 aliphatic rings. The summed E-state index contributed by atoms with van der Waals surface area (Å²) in [5, 5.41) is 6.12. The van der Waals surface area contributed by atoms with E-state index < -0.39 is 0 Å². The van der Waals surface area contributed by atoms with E-state index in [9.17, 15) is 0 Å². The third kappa shape index (κ3) is 3.51. The second-order valence-electron chi connectivity index (χ2n) is 6.22. The number of benzene rings is 2. The van der Waals surface area contributed by atoms with E-state index >= 15 is 0 Å². The highest BCUT2D eigenvalue weighted by Crippen LogP contribution is 2.38. The van der Waals surface area contributed by atoms with Gasteiger partial charge in [-0.2, -0.15) is 0 Å². The van der Waals surface area contributed by atoms with Crippen LogP contribution in [-0.2, 0) is 0 Å². The van der Waals surface area contributed by atoms with Crippen LogP contribution in [0.3, 0.4) is 0 Å². The van der Waals surface area contributed by atoms with E-state index in [1.54, 1.807) is 0 Å². The van der Waals surface area contributed by atoms with Crippen molar-refractivity contribution < 1.29 is 4.74 Å². The Morgan fingerprint density at radius 3 is 2.61 bits per heavy atom. The summed E-state index contributed by atoms with van der Waals surface area (Å²) < 4.78 is 6.02. The molecule has 1 fully saturated rings. The van der Waals surface area contributed by atoms with E-state index in [-0.39, 0.29) is 0 Å². The number of nitrogens with one attached hydrogen (secondary N) is 1. The van der Waals surface area contributed by atoms with E-state index in [0.717, 1.165) is 31.9 Å². The first-order valence-corrected chi connectivity index (χ1v) is 8.94. The van der Waals surface area contributed by atoms with Gasteiger partial charge in [-0.05, 0) is 30.2 Å². The van der Waals surface area contributed by atoms with Gasteiger partial charge >= 0.3 is 0 Å². The van der Waals surface area contributed by atoms with Crippen LogP contribution in [0.5, 0.6) is 5.75 Å². The van der Waals surface area contributed by atoms with E-state index in [1.807, 2.05) is 0 Å². The zero-order valence-corrected chi connectivity index (χ0v) is 14.3. The van der Waals surface area contributed by atoms with Crippen molar-refractivity contribution in [3.63, 3.8) is 0 Å². The minimum Gasteiger partial charge on any atom is -0.494 e. The summed E-state index contributed by atoms with van der Waals surface area (Å²) in [7, 11) is 0. The normalized spacial score (nSPS) is 17.3. The predicted octanol–water partition coefficient (Wildman–Crippen LogP) is 3.98. The van der Waals surface area contributed by atoms with Crippen LogP contribution in [0.1, 0.15) is 38.3 Å². The van der Waals surface area contributed by atoms with Crippen LogP contribution in [0.15, 0.2) is 36.4 Å². The maximum Gasteiger partial charge on any atom is 0.124 e. The van der Waals surface area contributed by atoms with Gasteiger partial charge in [0.15, 0.2) is 0 Å². The van der Waals surface area contributed by atoms with Crippen LogP contribution >= 0.6 is 0 Å². The van der Waals surface area contributed by atoms with Crippen molar-refractivity contribution in [3.05, 3.63) is 42.0 Å². The molecule has 1 atom stereocenters. The van der Waals surface area contributed by atoms with Crippen molar-refractivity contribution in [1.29, 1.82) is 0 Å². The van der Waals surface area contributed by atoms with Gasteiger partial charge in [0.1, 0.15) is 5.75 Å². The molecule has 23 heavy (non-hydrogen) atoms. The van der Waals surface area contributed by atoms with Gasteiger partial charge in [-0.1, -0.05) is 43.7 Å². The highest BCUT2D eigenvalue weighted by atomic mass is 16.5. The van der Waals surface area contributed by atoms with E-state index in [4.69, 9.17) is 4.74 Å². The first-order valence-electron chi connectivity index (χ1n) is 8.94. The summed E-state index contributed by atoms with van der Waals surface area (Å²) in [6.07, 6.45) is 2.36. The molecule has 2 aromatic rings. The van der Waals surface area contributed by atoms with Crippen molar-refractivity contribution in [2.45, 2.75) is 32.7 Å². The molecule has 0 saturated carbocycles. The molecule has 1 heterocycles. The number of fused-ring (bicyclic) bond motifs is 1. The molecule has 1 aliphatic heterocycles. The predicted molar refractivity (Wildman–Crippen MR) is 97.2 cm³/mol. The molecule has 3 heteroatoms. The van der Waals surface area contributed by atoms with Crippen LogP contribution in [-0.4, -0.2) is 37.7 Å². The SMILES string of the molecule is CCC[C@@H](c1c(OCC)ccc2ccccc12)N1CCNCC1. The molecule has 1 N–H and O–H groups in total. The lowest BCUT2D eigenvalue weighted by Crippen LogP contribution is -2.45.